The van der Waals surface area contributed by atoms with Crippen LogP contribution in [0.4, 0.5) is 0 Å². The Morgan fingerprint density at radius 2 is 0.833 bits per heavy atom. The normalized spacial score (nSPS) is 10.3. The fourth-order valence-corrected chi connectivity index (χ4v) is 2.71. The summed E-state index contributed by atoms with van der Waals surface area (Å²) in [6.45, 7) is 9.93. The highest BCUT2D eigenvalue weighted by atomic mass is 31.1. The van der Waals surface area contributed by atoms with E-state index in [1.807, 2.05) is 0 Å². The van der Waals surface area contributed by atoms with Gasteiger partial charge in [0.1, 0.15) is 13.2 Å². The summed E-state index contributed by atoms with van der Waals surface area (Å²) < 4.78 is 21.8. The second-order valence-electron chi connectivity index (χ2n) is 6.43. The van der Waals surface area contributed by atoms with E-state index in [2.05, 4.69) is 27.7 Å². The number of hydrogen-bond donors (Lipinski definition) is 0. The molecule has 0 aliphatic rings. The van der Waals surface area contributed by atoms with Gasteiger partial charge in [0.05, 0.1) is 0 Å². The van der Waals surface area contributed by atoms with Gasteiger partial charge in [-0.15, -0.1) is 9.05 Å². The van der Waals surface area contributed by atoms with E-state index in [4.69, 9.17) is 9.05 Å². The van der Waals surface area contributed by atoms with Crippen LogP contribution in [0.1, 0.15) is 118 Å². The molecule has 0 N–H and O–H groups in total. The van der Waals surface area contributed by atoms with Gasteiger partial charge in [-0.2, -0.15) is 0 Å². The Morgan fingerprint density at radius 3 is 1.17 bits per heavy atom. The highest BCUT2D eigenvalue weighted by molar-refractivity contribution is 7.33. The zero-order chi connectivity index (χ0) is 18.3. The standard InChI is InChI=1S/C16H34O3P.C4H10/c1-3-5-7-9-11-13-15-18-20(17)19-16-14-12-10-8-6-4-2;1-3-4-2/h3-16H2,1-2H3;3-4H2,1-2H3/q+1;. The molecule has 0 rings (SSSR count). The smallest absolute Gasteiger partial charge is 0.119 e. The lowest BCUT2D eigenvalue weighted by atomic mass is 10.1. The quantitative estimate of drug-likeness (QED) is 0.193. The summed E-state index contributed by atoms with van der Waals surface area (Å²) in [5, 5.41) is 0. The topological polar surface area (TPSA) is 35.5 Å². The largest absolute Gasteiger partial charge is 0.697 e. The Hall–Kier alpha value is 0.0200. The van der Waals surface area contributed by atoms with Crippen LogP contribution in [-0.4, -0.2) is 13.2 Å². The van der Waals surface area contributed by atoms with Gasteiger partial charge in [-0.3, -0.25) is 0 Å². The lowest BCUT2D eigenvalue weighted by molar-refractivity contribution is 0.218. The Kier molecular flexibility index (Phi) is 27.6. The molecule has 0 atom stereocenters. The van der Waals surface area contributed by atoms with Gasteiger partial charge in [0.25, 0.3) is 0 Å². The zero-order valence-corrected chi connectivity index (χ0v) is 17.9. The molecule has 24 heavy (non-hydrogen) atoms. The third-order valence-electron chi connectivity index (χ3n) is 3.89. The maximum Gasteiger partial charge on any atom is 0.697 e. The summed E-state index contributed by atoms with van der Waals surface area (Å²) in [7, 11) is -1.89. The van der Waals surface area contributed by atoms with Crippen LogP contribution in [0.3, 0.4) is 0 Å². The molecule has 0 saturated carbocycles. The molecule has 0 heterocycles. The fourth-order valence-electron chi connectivity index (χ4n) is 2.08. The van der Waals surface area contributed by atoms with Gasteiger partial charge in [-0.05, 0) is 12.8 Å². The number of hydrogen-bond acceptors (Lipinski definition) is 3. The third kappa shape index (κ3) is 26.9. The molecule has 0 saturated heterocycles. The van der Waals surface area contributed by atoms with Crippen LogP contribution in [0.15, 0.2) is 0 Å². The Balaban J connectivity index is 0. The van der Waals surface area contributed by atoms with E-state index in [1.165, 1.54) is 77.0 Å². The Bertz CT molecular complexity index is 213. The first-order valence-electron chi connectivity index (χ1n) is 10.5. The molecule has 146 valence electrons. The van der Waals surface area contributed by atoms with Crippen molar-refractivity contribution < 1.29 is 13.6 Å². The number of rotatable bonds is 17. The molecule has 3 nitrogen and oxygen atoms in total. The molecular formula is C20H44O3P+. The minimum atomic E-state index is -1.89. The Morgan fingerprint density at radius 1 is 0.500 bits per heavy atom. The van der Waals surface area contributed by atoms with E-state index < -0.39 is 8.25 Å². The van der Waals surface area contributed by atoms with Crippen molar-refractivity contribution in [2.24, 2.45) is 0 Å². The van der Waals surface area contributed by atoms with Gasteiger partial charge in [0.15, 0.2) is 0 Å². The maximum atomic E-state index is 11.4. The molecule has 0 aromatic heterocycles. The van der Waals surface area contributed by atoms with Crippen LogP contribution >= 0.6 is 8.25 Å². The van der Waals surface area contributed by atoms with Crippen molar-refractivity contribution in [3.8, 4) is 0 Å². The van der Waals surface area contributed by atoms with E-state index in [1.54, 1.807) is 0 Å². The average Bonchev–Trinajstić information content (AvgIpc) is 2.60. The predicted molar refractivity (Wildman–Crippen MR) is 107 cm³/mol. The van der Waals surface area contributed by atoms with Gasteiger partial charge in [-0.1, -0.05) is 105 Å². The molecule has 0 aromatic carbocycles. The fraction of sp³-hybridized carbons (Fsp3) is 1.00. The summed E-state index contributed by atoms with van der Waals surface area (Å²) in [5.74, 6) is 0. The van der Waals surface area contributed by atoms with Crippen LogP contribution in [-0.2, 0) is 13.6 Å². The summed E-state index contributed by atoms with van der Waals surface area (Å²) in [6, 6.07) is 0. The van der Waals surface area contributed by atoms with Crippen LogP contribution in [0, 0.1) is 0 Å². The van der Waals surface area contributed by atoms with Crippen LogP contribution in [0.2, 0.25) is 0 Å². The van der Waals surface area contributed by atoms with E-state index in [0.717, 1.165) is 12.8 Å². The first kappa shape index (κ1) is 26.3. The molecule has 0 spiro atoms. The van der Waals surface area contributed by atoms with Crippen molar-refractivity contribution in [1.29, 1.82) is 0 Å². The maximum absolute atomic E-state index is 11.4. The average molecular weight is 364 g/mol. The summed E-state index contributed by atoms with van der Waals surface area (Å²) in [6.07, 6.45) is 17.3. The minimum absolute atomic E-state index is 0.567. The van der Waals surface area contributed by atoms with Crippen molar-refractivity contribution in [1.82, 2.24) is 0 Å². The second kappa shape index (κ2) is 25.3. The van der Waals surface area contributed by atoms with Crippen molar-refractivity contribution in [2.45, 2.75) is 118 Å². The zero-order valence-electron chi connectivity index (χ0n) is 17.0. The highest BCUT2D eigenvalue weighted by Crippen LogP contribution is 2.24. The van der Waals surface area contributed by atoms with Crippen LogP contribution in [0.5, 0.6) is 0 Å². The second-order valence-corrected chi connectivity index (χ2v) is 7.39. The van der Waals surface area contributed by atoms with Crippen molar-refractivity contribution >= 4 is 8.25 Å². The van der Waals surface area contributed by atoms with E-state index in [-0.39, 0.29) is 0 Å². The lowest BCUT2D eigenvalue weighted by Crippen LogP contribution is -1.92. The highest BCUT2D eigenvalue weighted by Gasteiger charge is 2.18. The Labute approximate surface area is 153 Å². The van der Waals surface area contributed by atoms with Crippen LogP contribution < -0.4 is 0 Å². The molecule has 0 amide bonds. The minimum Gasteiger partial charge on any atom is -0.119 e. The SMILES string of the molecule is CCCC.CCCCCCCCO[P+](=O)OCCCCCCCC. The summed E-state index contributed by atoms with van der Waals surface area (Å²) in [4.78, 5) is 0. The first-order valence-corrected chi connectivity index (χ1v) is 11.5. The molecule has 0 aliphatic carbocycles. The van der Waals surface area contributed by atoms with E-state index in [0.29, 0.717) is 13.2 Å². The van der Waals surface area contributed by atoms with Crippen molar-refractivity contribution in [3.63, 3.8) is 0 Å². The van der Waals surface area contributed by atoms with Crippen molar-refractivity contribution in [3.05, 3.63) is 0 Å². The molecule has 0 unspecified atom stereocenters. The monoisotopic (exact) mass is 363 g/mol. The predicted octanol–water partition coefficient (Wildman–Crippen LogP) is 8.20. The molecule has 4 heteroatoms. The summed E-state index contributed by atoms with van der Waals surface area (Å²) in [5.41, 5.74) is 0. The van der Waals surface area contributed by atoms with Crippen molar-refractivity contribution in [2.75, 3.05) is 13.2 Å². The molecule has 0 radical (unpaired) electrons. The third-order valence-corrected chi connectivity index (χ3v) is 4.68. The lowest BCUT2D eigenvalue weighted by Gasteiger charge is -1.98. The first-order chi connectivity index (χ1) is 11.7. The number of unbranched alkanes of at least 4 members (excludes halogenated alkanes) is 11. The van der Waals surface area contributed by atoms with Gasteiger partial charge in [0.2, 0.25) is 0 Å². The molecule has 0 aromatic rings. The van der Waals surface area contributed by atoms with E-state index >= 15 is 0 Å². The molecule has 0 aliphatic heterocycles. The molecule has 0 fully saturated rings. The summed E-state index contributed by atoms with van der Waals surface area (Å²) >= 11 is 0. The van der Waals surface area contributed by atoms with Gasteiger partial charge >= 0.3 is 8.25 Å². The molecular weight excluding hydrogens is 319 g/mol. The van der Waals surface area contributed by atoms with Gasteiger partial charge < -0.3 is 0 Å². The van der Waals surface area contributed by atoms with Gasteiger partial charge in [-0.25, -0.2) is 0 Å². The van der Waals surface area contributed by atoms with Gasteiger partial charge in [0, 0.05) is 4.57 Å². The molecule has 0 bridgehead atoms. The van der Waals surface area contributed by atoms with E-state index in [9.17, 15) is 4.57 Å². The van der Waals surface area contributed by atoms with Crippen LogP contribution in [0.25, 0.3) is 0 Å².